The molecule has 0 aliphatic heterocycles. The van der Waals surface area contributed by atoms with Crippen molar-refractivity contribution in [2.45, 2.75) is 25.5 Å². The first kappa shape index (κ1) is 15.2. The first-order valence-corrected chi connectivity index (χ1v) is 7.57. The maximum atomic E-state index is 10.2. The van der Waals surface area contributed by atoms with E-state index < -0.39 is 6.10 Å². The van der Waals surface area contributed by atoms with Crippen LogP contribution < -0.4 is 5.32 Å². The van der Waals surface area contributed by atoms with Crippen molar-refractivity contribution in [1.82, 2.24) is 10.3 Å². The molecule has 2 atom stereocenters. The highest BCUT2D eigenvalue weighted by molar-refractivity contribution is 9.10. The van der Waals surface area contributed by atoms with Crippen molar-refractivity contribution in [2.24, 2.45) is 0 Å². The van der Waals surface area contributed by atoms with Crippen LogP contribution in [0.1, 0.15) is 36.6 Å². The summed E-state index contributed by atoms with van der Waals surface area (Å²) in [6.45, 7) is 2.66. The number of nitrogens with one attached hydrogen (secondary N) is 1. The molecule has 0 aliphatic rings. The number of benzene rings is 1. The van der Waals surface area contributed by atoms with Crippen molar-refractivity contribution < 1.29 is 5.11 Å². The fourth-order valence-electron chi connectivity index (χ4n) is 2.18. The Kier molecular flexibility index (Phi) is 5.71. The quantitative estimate of drug-likeness (QED) is 0.848. The molecular formula is C16H19BrN2O. The lowest BCUT2D eigenvalue weighted by Gasteiger charge is -2.20. The van der Waals surface area contributed by atoms with Gasteiger partial charge in [0, 0.05) is 29.5 Å². The van der Waals surface area contributed by atoms with E-state index in [1.807, 2.05) is 24.3 Å². The minimum atomic E-state index is -0.515. The third-order valence-corrected chi connectivity index (χ3v) is 3.80. The summed E-state index contributed by atoms with van der Waals surface area (Å²) in [4.78, 5) is 3.96. The molecule has 4 heteroatoms. The Balaban J connectivity index is 1.97. The maximum Gasteiger partial charge on any atom is 0.0915 e. The minimum absolute atomic E-state index is 0.240. The van der Waals surface area contributed by atoms with Crippen LogP contribution in [0.5, 0.6) is 0 Å². The van der Waals surface area contributed by atoms with E-state index in [4.69, 9.17) is 0 Å². The van der Waals surface area contributed by atoms with Crippen molar-refractivity contribution >= 4 is 15.9 Å². The molecule has 0 aliphatic carbocycles. The lowest BCUT2D eigenvalue weighted by molar-refractivity contribution is 0.169. The molecule has 0 amide bonds. The summed E-state index contributed by atoms with van der Waals surface area (Å²) in [5.74, 6) is 0. The van der Waals surface area contributed by atoms with Gasteiger partial charge in [-0.3, -0.25) is 4.98 Å². The number of pyridine rings is 1. The number of aliphatic hydroxyl groups is 1. The molecule has 2 N–H and O–H groups in total. The highest BCUT2D eigenvalue weighted by Crippen LogP contribution is 2.21. The van der Waals surface area contributed by atoms with Gasteiger partial charge in [-0.2, -0.15) is 0 Å². The Morgan fingerprint density at radius 1 is 1.20 bits per heavy atom. The summed E-state index contributed by atoms with van der Waals surface area (Å²) in [6, 6.07) is 12.2. The van der Waals surface area contributed by atoms with Gasteiger partial charge < -0.3 is 10.4 Å². The van der Waals surface area contributed by atoms with Gasteiger partial charge in [-0.1, -0.05) is 35.0 Å². The lowest BCUT2D eigenvalue weighted by Crippen LogP contribution is -2.26. The summed E-state index contributed by atoms with van der Waals surface area (Å²) < 4.78 is 1.07. The molecule has 1 aromatic heterocycles. The van der Waals surface area contributed by atoms with E-state index in [-0.39, 0.29) is 6.04 Å². The first-order valence-electron chi connectivity index (χ1n) is 6.77. The molecule has 1 aromatic carbocycles. The third kappa shape index (κ3) is 4.13. The molecule has 106 valence electrons. The van der Waals surface area contributed by atoms with Crippen LogP contribution in [0.2, 0.25) is 0 Å². The van der Waals surface area contributed by atoms with Gasteiger partial charge in [0.25, 0.3) is 0 Å². The Bertz CT molecular complexity index is 533. The van der Waals surface area contributed by atoms with E-state index in [0.717, 1.165) is 16.5 Å². The monoisotopic (exact) mass is 334 g/mol. The first-order chi connectivity index (χ1) is 9.70. The Morgan fingerprint density at radius 2 is 1.95 bits per heavy atom. The van der Waals surface area contributed by atoms with Crippen LogP contribution in [-0.4, -0.2) is 16.6 Å². The van der Waals surface area contributed by atoms with Gasteiger partial charge in [-0.05, 0) is 41.8 Å². The molecule has 0 saturated heterocycles. The summed E-state index contributed by atoms with van der Waals surface area (Å²) >= 11 is 3.49. The standard InChI is InChI=1S/C16H19BrN2O/c1-2-15(13-4-3-5-14(17)10-13)19-11-16(20)12-6-8-18-9-7-12/h3-10,15-16,19-20H,2,11H2,1H3. The van der Waals surface area contributed by atoms with E-state index in [1.54, 1.807) is 12.4 Å². The molecule has 20 heavy (non-hydrogen) atoms. The number of rotatable bonds is 6. The zero-order valence-corrected chi connectivity index (χ0v) is 13.0. The second-order valence-corrected chi connectivity index (χ2v) is 5.64. The SMILES string of the molecule is CCC(NCC(O)c1ccncc1)c1cccc(Br)c1. The summed E-state index contributed by atoms with van der Waals surface area (Å²) in [5.41, 5.74) is 2.11. The van der Waals surface area contributed by atoms with Crippen molar-refractivity contribution in [3.05, 3.63) is 64.4 Å². The fraction of sp³-hybridized carbons (Fsp3) is 0.312. The predicted octanol–water partition coefficient (Wildman–Crippen LogP) is 3.62. The molecule has 2 unspecified atom stereocenters. The van der Waals surface area contributed by atoms with Crippen LogP contribution in [0, 0.1) is 0 Å². The molecule has 0 bridgehead atoms. The van der Waals surface area contributed by atoms with Crippen molar-refractivity contribution in [3.63, 3.8) is 0 Å². The lowest BCUT2D eigenvalue weighted by atomic mass is 10.0. The van der Waals surface area contributed by atoms with Crippen LogP contribution in [-0.2, 0) is 0 Å². The number of hydrogen-bond acceptors (Lipinski definition) is 3. The number of aromatic nitrogens is 1. The zero-order valence-electron chi connectivity index (χ0n) is 11.5. The van der Waals surface area contributed by atoms with Crippen LogP contribution in [0.25, 0.3) is 0 Å². The van der Waals surface area contributed by atoms with E-state index in [0.29, 0.717) is 6.54 Å². The van der Waals surface area contributed by atoms with Crippen LogP contribution >= 0.6 is 15.9 Å². The fourth-order valence-corrected chi connectivity index (χ4v) is 2.60. The van der Waals surface area contributed by atoms with Gasteiger partial charge in [0.05, 0.1) is 6.10 Å². The second kappa shape index (κ2) is 7.53. The molecule has 0 saturated carbocycles. The Hall–Kier alpha value is -1.23. The molecule has 0 radical (unpaired) electrons. The smallest absolute Gasteiger partial charge is 0.0915 e. The highest BCUT2D eigenvalue weighted by Gasteiger charge is 2.12. The predicted molar refractivity (Wildman–Crippen MR) is 84.4 cm³/mol. The second-order valence-electron chi connectivity index (χ2n) is 4.72. The summed E-state index contributed by atoms with van der Waals surface area (Å²) in [7, 11) is 0. The maximum absolute atomic E-state index is 10.2. The molecule has 3 nitrogen and oxygen atoms in total. The molecule has 1 heterocycles. The van der Waals surface area contributed by atoms with E-state index in [9.17, 15) is 5.11 Å². The van der Waals surface area contributed by atoms with E-state index in [2.05, 4.69) is 45.3 Å². The average Bonchev–Trinajstić information content (AvgIpc) is 2.48. The van der Waals surface area contributed by atoms with Gasteiger partial charge in [0.2, 0.25) is 0 Å². The van der Waals surface area contributed by atoms with Crippen molar-refractivity contribution in [1.29, 1.82) is 0 Å². The van der Waals surface area contributed by atoms with Gasteiger partial charge in [-0.15, -0.1) is 0 Å². The third-order valence-electron chi connectivity index (χ3n) is 3.31. The van der Waals surface area contributed by atoms with Gasteiger partial charge in [0.15, 0.2) is 0 Å². The van der Waals surface area contributed by atoms with Gasteiger partial charge >= 0.3 is 0 Å². The molecule has 0 spiro atoms. The van der Waals surface area contributed by atoms with Gasteiger partial charge in [0.1, 0.15) is 0 Å². The van der Waals surface area contributed by atoms with Crippen molar-refractivity contribution in [2.75, 3.05) is 6.54 Å². The Labute approximate surface area is 128 Å². The van der Waals surface area contributed by atoms with Crippen molar-refractivity contribution in [3.8, 4) is 0 Å². The molecule has 0 fully saturated rings. The average molecular weight is 335 g/mol. The van der Waals surface area contributed by atoms with Gasteiger partial charge in [-0.25, -0.2) is 0 Å². The van der Waals surface area contributed by atoms with Crippen LogP contribution in [0.3, 0.4) is 0 Å². The number of aliphatic hydroxyl groups excluding tert-OH is 1. The minimum Gasteiger partial charge on any atom is -0.387 e. The Morgan fingerprint density at radius 3 is 2.60 bits per heavy atom. The summed E-state index contributed by atoms with van der Waals surface area (Å²) in [5, 5.41) is 13.6. The largest absolute Gasteiger partial charge is 0.387 e. The van der Waals surface area contributed by atoms with E-state index in [1.165, 1.54) is 5.56 Å². The molecular weight excluding hydrogens is 316 g/mol. The molecule has 2 aromatic rings. The summed E-state index contributed by atoms with van der Waals surface area (Å²) in [6.07, 6.45) is 3.85. The van der Waals surface area contributed by atoms with E-state index >= 15 is 0 Å². The van der Waals surface area contributed by atoms with Crippen LogP contribution in [0.4, 0.5) is 0 Å². The number of halogens is 1. The zero-order chi connectivity index (χ0) is 14.4. The number of nitrogens with zero attached hydrogens (tertiary/aromatic N) is 1. The topological polar surface area (TPSA) is 45.1 Å². The van der Waals surface area contributed by atoms with Crippen LogP contribution in [0.15, 0.2) is 53.3 Å². The number of hydrogen-bond donors (Lipinski definition) is 2. The molecule has 2 rings (SSSR count). The highest BCUT2D eigenvalue weighted by atomic mass is 79.9. The normalized spacial score (nSPS) is 13.9.